The van der Waals surface area contributed by atoms with Gasteiger partial charge in [-0.15, -0.1) is 0 Å². The van der Waals surface area contributed by atoms with Crippen molar-refractivity contribution in [3.63, 3.8) is 0 Å². The summed E-state index contributed by atoms with van der Waals surface area (Å²) in [5.41, 5.74) is 8.54. The van der Waals surface area contributed by atoms with Crippen LogP contribution in [0.25, 0.3) is 10.8 Å². The van der Waals surface area contributed by atoms with E-state index in [2.05, 4.69) is 21.9 Å². The van der Waals surface area contributed by atoms with E-state index in [1.54, 1.807) is 7.11 Å². The first-order valence-corrected chi connectivity index (χ1v) is 11.0. The molecular weight excluding hydrogens is 410 g/mol. The summed E-state index contributed by atoms with van der Waals surface area (Å²) in [5.74, 6) is 0.777. The summed E-state index contributed by atoms with van der Waals surface area (Å²) in [6.45, 7) is 6.54. The van der Waals surface area contributed by atoms with E-state index in [9.17, 15) is 4.79 Å². The Morgan fingerprint density at radius 3 is 2.45 bits per heavy atom. The Hall–Kier alpha value is -2.60. The fourth-order valence-corrected chi connectivity index (χ4v) is 4.49. The molecule has 0 amide bonds. The van der Waals surface area contributed by atoms with Gasteiger partial charge in [-0.2, -0.15) is 0 Å². The molecular formula is C25H28ClN3O2. The molecule has 4 rings (SSSR count). The Morgan fingerprint density at radius 1 is 1.06 bits per heavy atom. The standard InChI is InChI=1S/C25H28ClN3O2/c1-17(29-13-11-28(12-14-29)16-18-3-7-21(27)8-4-18)25(30)20-5-9-22-19(15-20)6-10-23(31-2)24(22)26/h3-10,15,17H,11-14,16,27H2,1-2H3. The predicted molar refractivity (Wildman–Crippen MR) is 127 cm³/mol. The molecule has 162 valence electrons. The average molecular weight is 438 g/mol. The highest BCUT2D eigenvalue weighted by molar-refractivity contribution is 6.37. The smallest absolute Gasteiger partial charge is 0.179 e. The molecule has 0 spiro atoms. The molecule has 1 fully saturated rings. The molecule has 0 aromatic heterocycles. The Bertz CT molecular complexity index is 1080. The molecule has 31 heavy (non-hydrogen) atoms. The highest BCUT2D eigenvalue weighted by Crippen LogP contribution is 2.33. The summed E-state index contributed by atoms with van der Waals surface area (Å²) in [6.07, 6.45) is 0. The molecule has 2 N–H and O–H groups in total. The van der Waals surface area contributed by atoms with Crippen LogP contribution in [0.4, 0.5) is 5.69 Å². The van der Waals surface area contributed by atoms with Crippen molar-refractivity contribution in [1.29, 1.82) is 0 Å². The van der Waals surface area contributed by atoms with Crippen molar-refractivity contribution in [2.45, 2.75) is 19.5 Å². The first-order chi connectivity index (χ1) is 15.0. The second-order valence-corrected chi connectivity index (χ2v) is 8.49. The highest BCUT2D eigenvalue weighted by Gasteiger charge is 2.26. The number of halogens is 1. The number of anilines is 1. The van der Waals surface area contributed by atoms with Gasteiger partial charge < -0.3 is 10.5 Å². The highest BCUT2D eigenvalue weighted by atomic mass is 35.5. The first kappa shape index (κ1) is 21.6. The van der Waals surface area contributed by atoms with Crippen LogP contribution in [0.2, 0.25) is 5.02 Å². The van der Waals surface area contributed by atoms with E-state index < -0.39 is 0 Å². The van der Waals surface area contributed by atoms with E-state index in [1.165, 1.54) is 5.56 Å². The van der Waals surface area contributed by atoms with Crippen LogP contribution in [-0.4, -0.2) is 54.9 Å². The van der Waals surface area contributed by atoms with Gasteiger partial charge in [-0.1, -0.05) is 41.9 Å². The van der Waals surface area contributed by atoms with Gasteiger partial charge >= 0.3 is 0 Å². The molecule has 1 heterocycles. The number of nitrogen functional groups attached to an aromatic ring is 1. The number of hydrogen-bond acceptors (Lipinski definition) is 5. The van der Waals surface area contributed by atoms with Gasteiger partial charge in [-0.25, -0.2) is 0 Å². The molecule has 3 aromatic carbocycles. The number of nitrogens with two attached hydrogens (primary N) is 1. The monoisotopic (exact) mass is 437 g/mol. The summed E-state index contributed by atoms with van der Waals surface area (Å²) in [5, 5.41) is 2.41. The van der Waals surface area contributed by atoms with E-state index in [0.717, 1.165) is 49.2 Å². The lowest BCUT2D eigenvalue weighted by molar-refractivity contribution is 0.0687. The summed E-state index contributed by atoms with van der Waals surface area (Å²) in [7, 11) is 1.60. The Labute approximate surface area is 188 Å². The molecule has 0 saturated carbocycles. The van der Waals surface area contributed by atoms with Crippen molar-refractivity contribution in [2.24, 2.45) is 0 Å². The quantitative estimate of drug-likeness (QED) is 0.455. The van der Waals surface area contributed by atoms with Crippen LogP contribution in [0.5, 0.6) is 5.75 Å². The minimum absolute atomic E-state index is 0.140. The maximum atomic E-state index is 13.2. The molecule has 5 nitrogen and oxygen atoms in total. The minimum atomic E-state index is -0.162. The average Bonchev–Trinajstić information content (AvgIpc) is 2.80. The summed E-state index contributed by atoms with van der Waals surface area (Å²) in [4.78, 5) is 17.9. The van der Waals surface area contributed by atoms with Crippen LogP contribution < -0.4 is 10.5 Å². The van der Waals surface area contributed by atoms with E-state index in [1.807, 2.05) is 49.4 Å². The van der Waals surface area contributed by atoms with Crippen LogP contribution in [0.3, 0.4) is 0 Å². The molecule has 3 aromatic rings. The van der Waals surface area contributed by atoms with Gasteiger partial charge in [0, 0.05) is 49.4 Å². The Morgan fingerprint density at radius 2 is 1.77 bits per heavy atom. The fraction of sp³-hybridized carbons (Fsp3) is 0.320. The Balaban J connectivity index is 1.40. The van der Waals surface area contributed by atoms with Gasteiger partial charge in [-0.3, -0.25) is 14.6 Å². The SMILES string of the molecule is COc1ccc2cc(C(=O)C(C)N3CCN(Cc4ccc(N)cc4)CC3)ccc2c1Cl. The molecule has 1 saturated heterocycles. The van der Waals surface area contributed by atoms with Crippen LogP contribution in [0.1, 0.15) is 22.8 Å². The second-order valence-electron chi connectivity index (χ2n) is 8.11. The van der Waals surface area contributed by atoms with Crippen LogP contribution in [0.15, 0.2) is 54.6 Å². The molecule has 0 bridgehead atoms. The third-order valence-corrected chi connectivity index (χ3v) is 6.53. The molecule has 6 heteroatoms. The zero-order chi connectivity index (χ0) is 22.0. The number of ketones is 1. The molecule has 0 aliphatic carbocycles. The van der Waals surface area contributed by atoms with Crippen molar-refractivity contribution in [1.82, 2.24) is 9.80 Å². The number of piperazine rings is 1. The molecule has 1 aliphatic heterocycles. The van der Waals surface area contributed by atoms with Crippen LogP contribution in [-0.2, 0) is 6.54 Å². The van der Waals surface area contributed by atoms with Gasteiger partial charge in [0.1, 0.15) is 5.75 Å². The molecule has 1 atom stereocenters. The number of carbonyl (C=O) groups is 1. The summed E-state index contributed by atoms with van der Waals surface area (Å²) < 4.78 is 5.28. The van der Waals surface area contributed by atoms with Crippen molar-refractivity contribution in [3.8, 4) is 5.75 Å². The molecule has 1 unspecified atom stereocenters. The van der Waals surface area contributed by atoms with Gasteiger partial charge in [0.05, 0.1) is 18.2 Å². The van der Waals surface area contributed by atoms with Gasteiger partial charge in [0.2, 0.25) is 0 Å². The summed E-state index contributed by atoms with van der Waals surface area (Å²) >= 11 is 6.41. The first-order valence-electron chi connectivity index (χ1n) is 10.6. The van der Waals surface area contributed by atoms with Crippen LogP contribution in [0, 0.1) is 0 Å². The van der Waals surface area contributed by atoms with Gasteiger partial charge in [-0.05, 0) is 42.1 Å². The third kappa shape index (κ3) is 4.69. The van der Waals surface area contributed by atoms with Crippen molar-refractivity contribution < 1.29 is 9.53 Å². The number of Topliss-reactive ketones (excluding diaryl/α,β-unsaturated/α-hetero) is 1. The maximum Gasteiger partial charge on any atom is 0.179 e. The number of carbonyl (C=O) groups excluding carboxylic acids is 1. The number of benzene rings is 3. The Kier molecular flexibility index (Phi) is 6.46. The number of ether oxygens (including phenoxy) is 1. The lowest BCUT2D eigenvalue weighted by Gasteiger charge is -2.37. The fourth-order valence-electron chi connectivity index (χ4n) is 4.18. The van der Waals surface area contributed by atoms with Gasteiger partial charge in [0.15, 0.2) is 5.78 Å². The number of hydrogen-bond donors (Lipinski definition) is 1. The van der Waals surface area contributed by atoms with Crippen LogP contribution >= 0.6 is 11.6 Å². The lowest BCUT2D eigenvalue weighted by Crippen LogP contribution is -2.51. The van der Waals surface area contributed by atoms with Crippen molar-refractivity contribution in [2.75, 3.05) is 39.0 Å². The number of methoxy groups -OCH3 is 1. The third-order valence-electron chi connectivity index (χ3n) is 6.14. The van der Waals surface area contributed by atoms with E-state index in [0.29, 0.717) is 16.3 Å². The zero-order valence-electron chi connectivity index (χ0n) is 18.0. The predicted octanol–water partition coefficient (Wildman–Crippen LogP) is 4.47. The van der Waals surface area contributed by atoms with E-state index >= 15 is 0 Å². The van der Waals surface area contributed by atoms with E-state index in [4.69, 9.17) is 22.1 Å². The second kappa shape index (κ2) is 9.27. The summed E-state index contributed by atoms with van der Waals surface area (Å²) in [6, 6.07) is 17.4. The van der Waals surface area contributed by atoms with E-state index in [-0.39, 0.29) is 11.8 Å². The number of fused-ring (bicyclic) bond motifs is 1. The number of rotatable bonds is 6. The van der Waals surface area contributed by atoms with Gasteiger partial charge in [0.25, 0.3) is 0 Å². The molecule has 0 radical (unpaired) electrons. The minimum Gasteiger partial charge on any atom is -0.495 e. The van der Waals surface area contributed by atoms with Crippen molar-refractivity contribution >= 4 is 33.8 Å². The topological polar surface area (TPSA) is 58.8 Å². The zero-order valence-corrected chi connectivity index (χ0v) is 18.7. The maximum absolute atomic E-state index is 13.2. The lowest BCUT2D eigenvalue weighted by atomic mass is 9.99. The normalized spacial score (nSPS) is 16.4. The molecule has 1 aliphatic rings. The number of nitrogens with zero attached hydrogens (tertiary/aromatic N) is 2. The van der Waals surface area contributed by atoms with Crippen molar-refractivity contribution in [3.05, 3.63) is 70.7 Å². The largest absolute Gasteiger partial charge is 0.495 e.